The molecule has 0 aromatic carbocycles. The largest absolute Gasteiger partial charge is 0.460 e. The molecule has 0 aromatic heterocycles. The summed E-state index contributed by atoms with van der Waals surface area (Å²) in [5.74, 6) is 1.08. The van der Waals surface area contributed by atoms with E-state index < -0.39 is 0 Å². The lowest BCUT2D eigenvalue weighted by molar-refractivity contribution is 0.146. The van der Waals surface area contributed by atoms with Gasteiger partial charge < -0.3 is 9.84 Å². The summed E-state index contributed by atoms with van der Waals surface area (Å²) < 4.78 is 5.09. The minimum Gasteiger partial charge on any atom is -0.460 e. The molecular weight excluding hydrogens is 142 g/mol. The molecular formula is C8H11NO2. The lowest BCUT2D eigenvalue weighted by atomic mass is 10.1. The van der Waals surface area contributed by atoms with Crippen LogP contribution in [0, 0.1) is 0 Å². The van der Waals surface area contributed by atoms with Gasteiger partial charge in [0, 0.05) is 12.5 Å². The van der Waals surface area contributed by atoms with Crippen molar-refractivity contribution in [1.82, 2.24) is 4.90 Å². The maximum absolute atomic E-state index is 9.38. The molecule has 0 radical (unpaired) electrons. The molecule has 0 spiro atoms. The van der Waals surface area contributed by atoms with E-state index in [4.69, 9.17) is 4.74 Å². The average Bonchev–Trinajstić information content (AvgIpc) is 2.83. The van der Waals surface area contributed by atoms with Crippen LogP contribution in [0.5, 0.6) is 0 Å². The van der Waals surface area contributed by atoms with E-state index in [0.29, 0.717) is 6.04 Å². The quantitative estimate of drug-likeness (QED) is 0.541. The Bertz CT molecular complexity index is 250. The van der Waals surface area contributed by atoms with Crippen molar-refractivity contribution in [2.24, 2.45) is 0 Å². The summed E-state index contributed by atoms with van der Waals surface area (Å²) in [5.41, 5.74) is 0.124. The molecule has 1 aliphatic carbocycles. The van der Waals surface area contributed by atoms with E-state index in [0.717, 1.165) is 18.6 Å². The van der Waals surface area contributed by atoms with E-state index >= 15 is 0 Å². The van der Waals surface area contributed by atoms with Crippen molar-refractivity contribution in [3.8, 4) is 0 Å². The summed E-state index contributed by atoms with van der Waals surface area (Å²) in [7, 11) is 2.10. The first-order valence-electron chi connectivity index (χ1n) is 4.03. The number of fused-ring (bicyclic) bond motifs is 1. The third kappa shape index (κ3) is 0.532. The van der Waals surface area contributed by atoms with Gasteiger partial charge in [-0.25, -0.2) is 0 Å². The number of hydrogen-bond donors (Lipinski definition) is 1. The molecule has 0 amide bonds. The van der Waals surface area contributed by atoms with Crippen LogP contribution in [0.25, 0.3) is 0 Å². The first kappa shape index (κ1) is 6.03. The van der Waals surface area contributed by atoms with Crippen molar-refractivity contribution in [1.29, 1.82) is 0 Å². The van der Waals surface area contributed by atoms with Crippen molar-refractivity contribution in [2.45, 2.75) is 30.5 Å². The van der Waals surface area contributed by atoms with Gasteiger partial charge in [0.15, 0.2) is 5.76 Å². The minimum atomic E-state index is -0.110. The number of hydrogen-bond acceptors (Lipinski definition) is 3. The summed E-state index contributed by atoms with van der Waals surface area (Å²) in [4.78, 5) is 2.29. The van der Waals surface area contributed by atoms with Gasteiger partial charge in [-0.2, -0.15) is 0 Å². The Morgan fingerprint density at radius 3 is 3.09 bits per heavy atom. The zero-order chi connectivity index (χ0) is 7.64. The molecule has 1 N–H and O–H groups in total. The van der Waals surface area contributed by atoms with Gasteiger partial charge in [0.1, 0.15) is 11.8 Å². The molecule has 1 saturated heterocycles. The SMILES string of the molecule is CN1C2C[C@H](O)CC21C1=CO1. The van der Waals surface area contributed by atoms with Crippen LogP contribution in [0.2, 0.25) is 0 Å². The predicted molar refractivity (Wildman–Crippen MR) is 38.7 cm³/mol. The summed E-state index contributed by atoms with van der Waals surface area (Å²) >= 11 is 0. The van der Waals surface area contributed by atoms with Crippen LogP contribution in [-0.4, -0.2) is 34.7 Å². The Morgan fingerprint density at radius 1 is 1.82 bits per heavy atom. The van der Waals surface area contributed by atoms with Gasteiger partial charge in [0.05, 0.1) is 6.10 Å². The zero-order valence-electron chi connectivity index (χ0n) is 6.45. The highest BCUT2D eigenvalue weighted by Gasteiger charge is 2.70. The second kappa shape index (κ2) is 1.47. The molecule has 0 aromatic rings. The van der Waals surface area contributed by atoms with Gasteiger partial charge in [-0.15, -0.1) is 0 Å². The fourth-order valence-corrected chi connectivity index (χ4v) is 2.55. The molecule has 3 unspecified atom stereocenters. The Kier molecular flexibility index (Phi) is 0.806. The van der Waals surface area contributed by atoms with Crippen molar-refractivity contribution in [2.75, 3.05) is 7.05 Å². The fourth-order valence-electron chi connectivity index (χ4n) is 2.55. The van der Waals surface area contributed by atoms with Crippen molar-refractivity contribution < 1.29 is 9.84 Å². The van der Waals surface area contributed by atoms with Gasteiger partial charge >= 0.3 is 0 Å². The van der Waals surface area contributed by atoms with Gasteiger partial charge in [-0.1, -0.05) is 0 Å². The second-order valence-corrected chi connectivity index (χ2v) is 3.74. The lowest BCUT2D eigenvalue weighted by Crippen LogP contribution is -2.20. The maximum Gasteiger partial charge on any atom is 0.160 e. The van der Waals surface area contributed by atoms with Crippen molar-refractivity contribution in [3.63, 3.8) is 0 Å². The molecule has 4 atom stereocenters. The molecule has 1 saturated carbocycles. The molecule has 11 heavy (non-hydrogen) atoms. The van der Waals surface area contributed by atoms with Gasteiger partial charge in [0.2, 0.25) is 0 Å². The summed E-state index contributed by atoms with van der Waals surface area (Å²) in [5, 5.41) is 9.38. The first-order valence-corrected chi connectivity index (χ1v) is 4.03. The summed E-state index contributed by atoms with van der Waals surface area (Å²) in [6.45, 7) is 0. The summed E-state index contributed by atoms with van der Waals surface area (Å²) in [6.07, 6.45) is 3.47. The number of piperidine rings is 1. The highest BCUT2D eigenvalue weighted by molar-refractivity contribution is 5.39. The van der Waals surface area contributed by atoms with Crippen LogP contribution in [-0.2, 0) is 4.74 Å². The molecule has 3 heteroatoms. The molecule has 0 bridgehead atoms. The molecule has 3 rings (SSSR count). The number of aliphatic hydroxyl groups excluding tert-OH is 1. The Hall–Kier alpha value is -0.540. The third-order valence-electron chi connectivity index (χ3n) is 3.28. The molecule has 2 heterocycles. The van der Waals surface area contributed by atoms with Crippen molar-refractivity contribution in [3.05, 3.63) is 12.0 Å². The fraction of sp³-hybridized carbons (Fsp3) is 0.750. The number of rotatable bonds is 1. The van der Waals surface area contributed by atoms with Crippen LogP contribution >= 0.6 is 0 Å². The Balaban J connectivity index is 1.92. The van der Waals surface area contributed by atoms with Crippen LogP contribution in [0.3, 0.4) is 0 Å². The average molecular weight is 153 g/mol. The molecule has 2 fully saturated rings. The molecule has 60 valence electrons. The van der Waals surface area contributed by atoms with Crippen LogP contribution in [0.1, 0.15) is 12.8 Å². The Labute approximate surface area is 65.3 Å². The number of likely N-dealkylation sites (tertiary alicyclic amines) is 1. The van der Waals surface area contributed by atoms with E-state index in [-0.39, 0.29) is 11.6 Å². The van der Waals surface area contributed by atoms with Gasteiger partial charge in [-0.05, 0) is 13.5 Å². The van der Waals surface area contributed by atoms with Gasteiger partial charge in [-0.3, -0.25) is 4.90 Å². The normalized spacial score (nSPS) is 58.0. The number of aliphatic hydroxyl groups is 1. The number of likely N-dealkylation sites (N-methyl/N-ethyl adjacent to an activating group) is 1. The zero-order valence-corrected chi connectivity index (χ0v) is 6.45. The highest BCUT2D eigenvalue weighted by atomic mass is 16.5. The molecule has 3 aliphatic rings. The molecule has 3 nitrogen and oxygen atoms in total. The van der Waals surface area contributed by atoms with E-state index in [1.807, 2.05) is 0 Å². The maximum atomic E-state index is 9.38. The van der Waals surface area contributed by atoms with E-state index in [1.165, 1.54) is 0 Å². The topological polar surface area (TPSA) is 35.8 Å². The van der Waals surface area contributed by atoms with Crippen LogP contribution in [0.15, 0.2) is 12.0 Å². The third-order valence-corrected chi connectivity index (χ3v) is 3.28. The highest BCUT2D eigenvalue weighted by Crippen LogP contribution is 2.59. The number of ether oxygens (including phenoxy) is 1. The lowest BCUT2D eigenvalue weighted by Gasteiger charge is -2.10. The van der Waals surface area contributed by atoms with E-state index in [2.05, 4.69) is 11.9 Å². The van der Waals surface area contributed by atoms with Crippen molar-refractivity contribution >= 4 is 0 Å². The summed E-state index contributed by atoms with van der Waals surface area (Å²) in [6, 6.07) is 0.547. The standard InChI is InChI=1S/C8H11NO2/c1-9-6-2-5(10)3-8(6,9)7-4-11-7/h4-6,10H,2-3H2,1H3/t5-,6?,8?,9?/m0/s1. The number of nitrogens with zero attached hydrogens (tertiary/aromatic N) is 1. The van der Waals surface area contributed by atoms with E-state index in [1.54, 1.807) is 6.26 Å². The Morgan fingerprint density at radius 2 is 2.55 bits per heavy atom. The predicted octanol–water partition coefficient (Wildman–Crippen LogP) is 0.0655. The van der Waals surface area contributed by atoms with Gasteiger partial charge in [0.25, 0.3) is 0 Å². The van der Waals surface area contributed by atoms with E-state index in [9.17, 15) is 5.11 Å². The van der Waals surface area contributed by atoms with Crippen LogP contribution < -0.4 is 0 Å². The smallest absolute Gasteiger partial charge is 0.160 e. The minimum absolute atomic E-state index is 0.110. The first-order chi connectivity index (χ1) is 5.25. The van der Waals surface area contributed by atoms with Crippen LogP contribution in [0.4, 0.5) is 0 Å². The molecule has 2 aliphatic heterocycles. The monoisotopic (exact) mass is 153 g/mol. The second-order valence-electron chi connectivity index (χ2n) is 3.74.